The molecule has 2 atom stereocenters. The van der Waals surface area contributed by atoms with Gasteiger partial charge in [-0.1, -0.05) is 18.2 Å². The summed E-state index contributed by atoms with van der Waals surface area (Å²) in [5.41, 5.74) is 2.00. The van der Waals surface area contributed by atoms with Crippen LogP contribution in [0.5, 0.6) is 0 Å². The first kappa shape index (κ1) is 19.6. The summed E-state index contributed by atoms with van der Waals surface area (Å²) < 4.78 is 0. The molecule has 6 nitrogen and oxygen atoms in total. The van der Waals surface area contributed by atoms with E-state index in [1.807, 2.05) is 37.3 Å². The SMILES string of the molecule is C[C@H](C(=O)Nc1ccc(C#N)cc1)N1CCC[C@@H](C(=O)Nc2ccccc2)C1. The van der Waals surface area contributed by atoms with Crippen molar-refractivity contribution in [3.05, 3.63) is 60.2 Å². The number of carbonyl (C=O) groups is 2. The van der Waals surface area contributed by atoms with Crippen molar-refractivity contribution in [1.82, 2.24) is 4.90 Å². The van der Waals surface area contributed by atoms with Crippen molar-refractivity contribution in [2.24, 2.45) is 5.92 Å². The number of hydrogen-bond acceptors (Lipinski definition) is 4. The zero-order valence-electron chi connectivity index (χ0n) is 15.9. The highest BCUT2D eigenvalue weighted by Crippen LogP contribution is 2.21. The van der Waals surface area contributed by atoms with E-state index in [1.165, 1.54) is 0 Å². The molecule has 0 saturated carbocycles. The Morgan fingerprint density at radius 3 is 2.43 bits per heavy atom. The summed E-state index contributed by atoms with van der Waals surface area (Å²) in [7, 11) is 0. The van der Waals surface area contributed by atoms with E-state index in [9.17, 15) is 9.59 Å². The molecule has 1 aliphatic heterocycles. The van der Waals surface area contributed by atoms with Crippen LogP contribution < -0.4 is 10.6 Å². The van der Waals surface area contributed by atoms with Crippen molar-refractivity contribution >= 4 is 23.2 Å². The molecule has 1 fully saturated rings. The van der Waals surface area contributed by atoms with Crippen LogP contribution in [0.2, 0.25) is 0 Å². The van der Waals surface area contributed by atoms with E-state index in [4.69, 9.17) is 5.26 Å². The average molecular weight is 376 g/mol. The van der Waals surface area contributed by atoms with Gasteiger partial charge in [0.25, 0.3) is 0 Å². The lowest BCUT2D eigenvalue weighted by molar-refractivity contribution is -0.125. The summed E-state index contributed by atoms with van der Waals surface area (Å²) >= 11 is 0. The Morgan fingerprint density at radius 2 is 1.75 bits per heavy atom. The third kappa shape index (κ3) is 4.96. The number of nitriles is 1. The second-order valence-corrected chi connectivity index (χ2v) is 7.04. The van der Waals surface area contributed by atoms with Gasteiger partial charge in [-0.2, -0.15) is 5.26 Å². The fraction of sp³-hybridized carbons (Fsp3) is 0.318. The minimum atomic E-state index is -0.344. The highest BCUT2D eigenvalue weighted by atomic mass is 16.2. The second kappa shape index (κ2) is 9.16. The molecule has 1 aliphatic rings. The summed E-state index contributed by atoms with van der Waals surface area (Å²) in [5.74, 6) is -0.261. The summed E-state index contributed by atoms with van der Waals surface area (Å²) in [6, 6.07) is 17.9. The van der Waals surface area contributed by atoms with Gasteiger partial charge in [-0.05, 0) is 62.7 Å². The number of anilines is 2. The minimum Gasteiger partial charge on any atom is -0.326 e. The van der Waals surface area contributed by atoms with Gasteiger partial charge in [-0.3, -0.25) is 14.5 Å². The van der Waals surface area contributed by atoms with E-state index in [-0.39, 0.29) is 23.8 Å². The molecule has 1 saturated heterocycles. The Kier molecular flexibility index (Phi) is 6.41. The molecule has 2 amide bonds. The number of para-hydroxylation sites is 1. The third-order valence-electron chi connectivity index (χ3n) is 5.07. The molecule has 1 heterocycles. The van der Waals surface area contributed by atoms with Crippen LogP contribution in [0, 0.1) is 17.2 Å². The number of hydrogen-bond donors (Lipinski definition) is 2. The maximum atomic E-state index is 12.6. The lowest BCUT2D eigenvalue weighted by Gasteiger charge is -2.35. The van der Waals surface area contributed by atoms with Crippen molar-refractivity contribution in [2.75, 3.05) is 23.7 Å². The van der Waals surface area contributed by atoms with Gasteiger partial charge < -0.3 is 10.6 Å². The van der Waals surface area contributed by atoms with Gasteiger partial charge in [-0.15, -0.1) is 0 Å². The van der Waals surface area contributed by atoms with Crippen LogP contribution in [0.4, 0.5) is 11.4 Å². The highest BCUT2D eigenvalue weighted by molar-refractivity contribution is 5.95. The van der Waals surface area contributed by atoms with Crippen LogP contribution in [0.25, 0.3) is 0 Å². The molecule has 0 radical (unpaired) electrons. The second-order valence-electron chi connectivity index (χ2n) is 7.04. The van der Waals surface area contributed by atoms with Gasteiger partial charge in [0.15, 0.2) is 0 Å². The van der Waals surface area contributed by atoms with E-state index < -0.39 is 0 Å². The van der Waals surface area contributed by atoms with Crippen molar-refractivity contribution in [3.8, 4) is 6.07 Å². The smallest absolute Gasteiger partial charge is 0.241 e. The van der Waals surface area contributed by atoms with Crippen LogP contribution in [0.1, 0.15) is 25.3 Å². The van der Waals surface area contributed by atoms with E-state index in [1.54, 1.807) is 24.3 Å². The molecule has 3 rings (SSSR count). The predicted octanol–water partition coefficient (Wildman–Crippen LogP) is 3.24. The first-order valence-corrected chi connectivity index (χ1v) is 9.48. The van der Waals surface area contributed by atoms with Gasteiger partial charge in [0.05, 0.1) is 23.6 Å². The van der Waals surface area contributed by atoms with Gasteiger partial charge in [0.1, 0.15) is 0 Å². The van der Waals surface area contributed by atoms with Crippen molar-refractivity contribution in [2.45, 2.75) is 25.8 Å². The predicted molar refractivity (Wildman–Crippen MR) is 109 cm³/mol. The summed E-state index contributed by atoms with van der Waals surface area (Å²) in [6.45, 7) is 3.20. The zero-order chi connectivity index (χ0) is 19.9. The third-order valence-corrected chi connectivity index (χ3v) is 5.07. The molecule has 144 valence electrons. The highest BCUT2D eigenvalue weighted by Gasteiger charge is 2.30. The standard InChI is InChI=1S/C22H24N4O2/c1-16(21(27)24-20-11-9-17(14-23)10-12-20)26-13-5-6-18(15-26)22(28)25-19-7-3-2-4-8-19/h2-4,7-12,16,18H,5-6,13,15H2,1H3,(H,24,27)(H,25,28)/t16-,18-/m1/s1. The molecular formula is C22H24N4O2. The molecule has 0 aromatic heterocycles. The molecule has 2 aromatic carbocycles. The zero-order valence-corrected chi connectivity index (χ0v) is 15.9. The summed E-state index contributed by atoms with van der Waals surface area (Å²) in [5, 5.41) is 14.7. The van der Waals surface area contributed by atoms with Crippen molar-refractivity contribution < 1.29 is 9.59 Å². The van der Waals surface area contributed by atoms with Crippen molar-refractivity contribution in [3.63, 3.8) is 0 Å². The van der Waals surface area contributed by atoms with E-state index in [2.05, 4.69) is 21.6 Å². The average Bonchev–Trinajstić information content (AvgIpc) is 2.74. The molecule has 2 N–H and O–H groups in total. The molecule has 28 heavy (non-hydrogen) atoms. The Bertz CT molecular complexity index is 858. The number of likely N-dealkylation sites (tertiary alicyclic amines) is 1. The molecule has 2 aromatic rings. The number of amides is 2. The fourth-order valence-corrected chi connectivity index (χ4v) is 3.38. The number of piperidine rings is 1. The number of nitrogens with one attached hydrogen (secondary N) is 2. The first-order valence-electron chi connectivity index (χ1n) is 9.48. The lowest BCUT2D eigenvalue weighted by atomic mass is 9.95. The molecule has 6 heteroatoms. The molecule has 0 aliphatic carbocycles. The fourth-order valence-electron chi connectivity index (χ4n) is 3.38. The van der Waals surface area contributed by atoms with Crippen LogP contribution in [-0.2, 0) is 9.59 Å². The van der Waals surface area contributed by atoms with Crippen molar-refractivity contribution in [1.29, 1.82) is 5.26 Å². The lowest BCUT2D eigenvalue weighted by Crippen LogP contribution is -2.49. The maximum absolute atomic E-state index is 12.6. The first-order chi connectivity index (χ1) is 13.6. The number of carbonyl (C=O) groups excluding carboxylic acids is 2. The van der Waals surface area contributed by atoms with Crippen LogP contribution in [0.3, 0.4) is 0 Å². The van der Waals surface area contributed by atoms with Crippen LogP contribution >= 0.6 is 0 Å². The monoisotopic (exact) mass is 376 g/mol. The van der Waals surface area contributed by atoms with Crippen LogP contribution in [0.15, 0.2) is 54.6 Å². The van der Waals surface area contributed by atoms with Gasteiger partial charge >= 0.3 is 0 Å². The quantitative estimate of drug-likeness (QED) is 0.839. The van der Waals surface area contributed by atoms with Crippen LogP contribution in [-0.4, -0.2) is 35.8 Å². The topological polar surface area (TPSA) is 85.2 Å². The Balaban J connectivity index is 1.57. The molecule has 0 unspecified atom stereocenters. The van der Waals surface area contributed by atoms with E-state index >= 15 is 0 Å². The largest absolute Gasteiger partial charge is 0.326 e. The van der Waals surface area contributed by atoms with Gasteiger partial charge in [0, 0.05) is 17.9 Å². The number of nitrogens with zero attached hydrogens (tertiary/aromatic N) is 2. The molecule has 0 bridgehead atoms. The number of rotatable bonds is 5. The molecule has 0 spiro atoms. The van der Waals surface area contributed by atoms with Gasteiger partial charge in [0.2, 0.25) is 11.8 Å². The Labute approximate surface area is 165 Å². The number of benzene rings is 2. The summed E-state index contributed by atoms with van der Waals surface area (Å²) in [6.07, 6.45) is 1.69. The maximum Gasteiger partial charge on any atom is 0.241 e. The van der Waals surface area contributed by atoms with E-state index in [0.29, 0.717) is 17.8 Å². The normalized spacial score (nSPS) is 17.9. The Hall–Kier alpha value is -3.17. The minimum absolute atomic E-state index is 0.00407. The summed E-state index contributed by atoms with van der Waals surface area (Å²) in [4.78, 5) is 27.3. The Morgan fingerprint density at radius 1 is 1.07 bits per heavy atom. The van der Waals surface area contributed by atoms with Gasteiger partial charge in [-0.25, -0.2) is 0 Å². The van der Waals surface area contributed by atoms with E-state index in [0.717, 1.165) is 25.1 Å². The molecular weight excluding hydrogens is 352 g/mol.